The Bertz CT molecular complexity index is 963. The lowest BCUT2D eigenvalue weighted by molar-refractivity contribution is 0.102. The van der Waals surface area contributed by atoms with E-state index in [0.29, 0.717) is 30.3 Å². The molecule has 134 valence electrons. The van der Waals surface area contributed by atoms with Crippen LogP contribution in [0.3, 0.4) is 0 Å². The lowest BCUT2D eigenvalue weighted by Crippen LogP contribution is -2.17. The number of anilines is 1. The van der Waals surface area contributed by atoms with E-state index in [0.717, 1.165) is 16.8 Å². The molecular weight excluding hydrogens is 338 g/mol. The summed E-state index contributed by atoms with van der Waals surface area (Å²) in [6.07, 6.45) is 4.10. The molecule has 4 nitrogen and oxygen atoms in total. The molecule has 1 amide bonds. The quantitative estimate of drug-likeness (QED) is 0.677. The van der Waals surface area contributed by atoms with E-state index in [2.05, 4.69) is 23.5 Å². The maximum Gasteiger partial charge on any atom is 0.255 e. The summed E-state index contributed by atoms with van der Waals surface area (Å²) < 4.78 is 11.0. The first-order chi connectivity index (χ1) is 13.3. The lowest BCUT2D eigenvalue weighted by atomic mass is 10.1. The number of rotatable bonds is 4. The first kappa shape index (κ1) is 16.9. The third kappa shape index (κ3) is 4.18. The fourth-order valence-electron chi connectivity index (χ4n) is 2.82. The van der Waals surface area contributed by atoms with Crippen molar-refractivity contribution in [3.05, 3.63) is 89.5 Å². The molecule has 1 aliphatic rings. The molecule has 0 saturated carbocycles. The van der Waals surface area contributed by atoms with Gasteiger partial charge in [-0.1, -0.05) is 54.6 Å². The van der Waals surface area contributed by atoms with Gasteiger partial charge in [-0.25, -0.2) is 0 Å². The second-order valence-corrected chi connectivity index (χ2v) is 6.18. The van der Waals surface area contributed by atoms with Crippen molar-refractivity contribution in [3.63, 3.8) is 0 Å². The van der Waals surface area contributed by atoms with E-state index in [1.807, 2.05) is 48.5 Å². The fourth-order valence-corrected chi connectivity index (χ4v) is 2.82. The normalized spacial score (nSPS) is 12.7. The average molecular weight is 357 g/mol. The Kier molecular flexibility index (Phi) is 4.88. The highest BCUT2D eigenvalue weighted by Gasteiger charge is 2.15. The smallest absolute Gasteiger partial charge is 0.255 e. The molecule has 0 fully saturated rings. The maximum absolute atomic E-state index is 12.5. The van der Waals surface area contributed by atoms with E-state index in [1.165, 1.54) is 0 Å². The van der Waals surface area contributed by atoms with Gasteiger partial charge in [0.15, 0.2) is 11.5 Å². The highest BCUT2D eigenvalue weighted by molar-refractivity contribution is 6.04. The van der Waals surface area contributed by atoms with E-state index < -0.39 is 0 Å². The second-order valence-electron chi connectivity index (χ2n) is 6.18. The SMILES string of the molecule is O=C(Nc1ccc(/C=C/c2ccccc2)cc1)c1ccc2c(c1)OCCO2. The molecule has 3 aromatic rings. The van der Waals surface area contributed by atoms with Gasteiger partial charge in [0.1, 0.15) is 13.2 Å². The maximum atomic E-state index is 12.5. The summed E-state index contributed by atoms with van der Waals surface area (Å²) in [6.45, 7) is 1.03. The van der Waals surface area contributed by atoms with Gasteiger partial charge in [-0.15, -0.1) is 0 Å². The van der Waals surface area contributed by atoms with Crippen molar-refractivity contribution in [1.29, 1.82) is 0 Å². The number of fused-ring (bicyclic) bond motifs is 1. The minimum Gasteiger partial charge on any atom is -0.486 e. The zero-order valence-corrected chi connectivity index (χ0v) is 14.7. The van der Waals surface area contributed by atoms with Crippen LogP contribution in [0.4, 0.5) is 5.69 Å². The van der Waals surface area contributed by atoms with Gasteiger partial charge in [-0.2, -0.15) is 0 Å². The molecule has 0 atom stereocenters. The van der Waals surface area contributed by atoms with Gasteiger partial charge in [0.2, 0.25) is 0 Å². The molecule has 4 heteroatoms. The molecule has 1 aliphatic heterocycles. The third-order valence-electron chi connectivity index (χ3n) is 4.24. The monoisotopic (exact) mass is 357 g/mol. The Morgan fingerprint density at radius 2 is 1.44 bits per heavy atom. The number of carbonyl (C=O) groups is 1. The minimum absolute atomic E-state index is 0.181. The predicted octanol–water partition coefficient (Wildman–Crippen LogP) is 4.88. The van der Waals surface area contributed by atoms with E-state index in [4.69, 9.17) is 9.47 Å². The van der Waals surface area contributed by atoms with Gasteiger partial charge in [-0.05, 0) is 41.5 Å². The summed E-state index contributed by atoms with van der Waals surface area (Å²) >= 11 is 0. The summed E-state index contributed by atoms with van der Waals surface area (Å²) in [5.74, 6) is 1.10. The lowest BCUT2D eigenvalue weighted by Gasteiger charge is -2.18. The number of amides is 1. The summed E-state index contributed by atoms with van der Waals surface area (Å²) in [5.41, 5.74) is 3.49. The Morgan fingerprint density at radius 1 is 0.778 bits per heavy atom. The van der Waals surface area contributed by atoms with Gasteiger partial charge in [0.05, 0.1) is 0 Å². The average Bonchev–Trinajstić information content (AvgIpc) is 2.73. The molecule has 0 radical (unpaired) electrons. The molecular formula is C23H19NO3. The van der Waals surface area contributed by atoms with Crippen LogP contribution in [0.15, 0.2) is 72.8 Å². The number of ether oxygens (including phenoxy) is 2. The molecule has 0 saturated heterocycles. The van der Waals surface area contributed by atoms with E-state index >= 15 is 0 Å². The van der Waals surface area contributed by atoms with Crippen LogP contribution in [0.2, 0.25) is 0 Å². The predicted molar refractivity (Wildman–Crippen MR) is 107 cm³/mol. The molecule has 27 heavy (non-hydrogen) atoms. The third-order valence-corrected chi connectivity index (χ3v) is 4.24. The molecule has 0 aliphatic carbocycles. The Hall–Kier alpha value is -3.53. The first-order valence-corrected chi connectivity index (χ1v) is 8.82. The van der Waals surface area contributed by atoms with Crippen LogP contribution < -0.4 is 14.8 Å². The van der Waals surface area contributed by atoms with Crippen LogP contribution in [0, 0.1) is 0 Å². The highest BCUT2D eigenvalue weighted by atomic mass is 16.6. The largest absolute Gasteiger partial charge is 0.486 e. The fraction of sp³-hybridized carbons (Fsp3) is 0.0870. The van der Waals surface area contributed by atoms with Crippen molar-refractivity contribution in [1.82, 2.24) is 0 Å². The van der Waals surface area contributed by atoms with Crippen LogP contribution >= 0.6 is 0 Å². The van der Waals surface area contributed by atoms with Crippen molar-refractivity contribution >= 4 is 23.7 Å². The second kappa shape index (κ2) is 7.79. The Balaban J connectivity index is 1.42. The topological polar surface area (TPSA) is 47.6 Å². The van der Waals surface area contributed by atoms with Gasteiger partial charge in [-0.3, -0.25) is 4.79 Å². The van der Waals surface area contributed by atoms with Gasteiger partial charge in [0.25, 0.3) is 5.91 Å². The number of hydrogen-bond donors (Lipinski definition) is 1. The molecule has 0 aromatic heterocycles. The van der Waals surface area contributed by atoms with Gasteiger partial charge < -0.3 is 14.8 Å². The molecule has 4 rings (SSSR count). The van der Waals surface area contributed by atoms with Crippen LogP contribution in [0.5, 0.6) is 11.5 Å². The van der Waals surface area contributed by atoms with E-state index in [-0.39, 0.29) is 5.91 Å². The van der Waals surface area contributed by atoms with Crippen LogP contribution in [0.1, 0.15) is 21.5 Å². The number of hydrogen-bond acceptors (Lipinski definition) is 3. The molecule has 0 bridgehead atoms. The summed E-state index contributed by atoms with van der Waals surface area (Å²) in [5, 5.41) is 2.91. The molecule has 1 heterocycles. The Morgan fingerprint density at radius 3 is 2.19 bits per heavy atom. The van der Waals surface area contributed by atoms with Crippen LogP contribution in [-0.2, 0) is 0 Å². The van der Waals surface area contributed by atoms with Crippen LogP contribution in [-0.4, -0.2) is 19.1 Å². The number of benzene rings is 3. The van der Waals surface area contributed by atoms with Gasteiger partial charge in [0, 0.05) is 11.3 Å². The number of carbonyl (C=O) groups excluding carboxylic acids is 1. The van der Waals surface area contributed by atoms with Crippen molar-refractivity contribution in [3.8, 4) is 11.5 Å². The molecule has 1 N–H and O–H groups in total. The summed E-state index contributed by atoms with van der Waals surface area (Å²) in [4.78, 5) is 12.5. The standard InChI is InChI=1S/C23H19NO3/c25-23(19-10-13-21-22(16-19)27-15-14-26-21)24-20-11-8-18(9-12-20)7-6-17-4-2-1-3-5-17/h1-13,16H,14-15H2,(H,24,25)/b7-6+. The summed E-state index contributed by atoms with van der Waals surface area (Å²) in [6, 6.07) is 23.1. The zero-order chi connectivity index (χ0) is 18.5. The van der Waals surface area contributed by atoms with E-state index in [1.54, 1.807) is 18.2 Å². The zero-order valence-electron chi connectivity index (χ0n) is 14.7. The van der Waals surface area contributed by atoms with Crippen molar-refractivity contribution < 1.29 is 14.3 Å². The summed E-state index contributed by atoms with van der Waals surface area (Å²) in [7, 11) is 0. The molecule has 3 aromatic carbocycles. The molecule has 0 spiro atoms. The Labute approximate surface area is 158 Å². The van der Waals surface area contributed by atoms with Crippen LogP contribution in [0.25, 0.3) is 12.2 Å². The minimum atomic E-state index is -0.181. The van der Waals surface area contributed by atoms with Crippen molar-refractivity contribution in [2.24, 2.45) is 0 Å². The van der Waals surface area contributed by atoms with Crippen molar-refractivity contribution in [2.45, 2.75) is 0 Å². The molecule has 0 unspecified atom stereocenters. The van der Waals surface area contributed by atoms with E-state index in [9.17, 15) is 4.79 Å². The first-order valence-electron chi connectivity index (χ1n) is 8.82. The number of nitrogens with one attached hydrogen (secondary N) is 1. The highest BCUT2D eigenvalue weighted by Crippen LogP contribution is 2.31. The van der Waals surface area contributed by atoms with Gasteiger partial charge >= 0.3 is 0 Å². The van der Waals surface area contributed by atoms with Crippen molar-refractivity contribution in [2.75, 3.05) is 18.5 Å².